The van der Waals surface area contributed by atoms with Gasteiger partial charge in [0.2, 0.25) is 0 Å². The number of benzene rings is 1. The molecule has 96 valence electrons. The number of hydrogen-bond acceptors (Lipinski definition) is 3. The molecule has 0 fully saturated rings. The molecule has 1 atom stereocenters. The maximum Gasteiger partial charge on any atom is 0.123 e. The van der Waals surface area contributed by atoms with Crippen LogP contribution in [-0.4, -0.2) is 24.2 Å². The van der Waals surface area contributed by atoms with Crippen LogP contribution >= 0.6 is 11.8 Å². The van der Waals surface area contributed by atoms with Crippen LogP contribution < -0.4 is 10.5 Å². The van der Waals surface area contributed by atoms with Gasteiger partial charge in [0.25, 0.3) is 0 Å². The summed E-state index contributed by atoms with van der Waals surface area (Å²) in [6.07, 6.45) is 2.01. The van der Waals surface area contributed by atoms with Gasteiger partial charge in [0.15, 0.2) is 0 Å². The number of rotatable bonds is 8. The number of halogens is 1. The van der Waals surface area contributed by atoms with E-state index >= 15 is 0 Å². The Bertz CT molecular complexity index is 305. The Balaban J connectivity index is 2.02. The summed E-state index contributed by atoms with van der Waals surface area (Å²) in [5.74, 6) is 2.55. The molecule has 0 bridgehead atoms. The van der Waals surface area contributed by atoms with Crippen LogP contribution in [0.5, 0.6) is 5.75 Å². The first-order valence-corrected chi connectivity index (χ1v) is 7.09. The standard InChI is InChI=1S/C13H20FNOS/c1-2-12(15)10-17-9-3-8-16-13-6-4-11(14)5-7-13/h4-7,12H,2-3,8-10,15H2,1H3. The summed E-state index contributed by atoms with van der Waals surface area (Å²) in [6.45, 7) is 2.77. The monoisotopic (exact) mass is 257 g/mol. The normalized spacial score (nSPS) is 12.4. The van der Waals surface area contributed by atoms with Gasteiger partial charge >= 0.3 is 0 Å². The van der Waals surface area contributed by atoms with Crippen molar-refractivity contribution in [2.45, 2.75) is 25.8 Å². The lowest BCUT2D eigenvalue weighted by atomic mass is 10.3. The van der Waals surface area contributed by atoms with E-state index in [2.05, 4.69) is 6.92 Å². The molecule has 0 aliphatic rings. The smallest absolute Gasteiger partial charge is 0.123 e. The molecule has 0 saturated carbocycles. The van der Waals surface area contributed by atoms with Crippen LogP contribution in [0, 0.1) is 5.82 Å². The molecule has 2 nitrogen and oxygen atoms in total. The minimum absolute atomic E-state index is 0.235. The first-order valence-electron chi connectivity index (χ1n) is 5.94. The van der Waals surface area contributed by atoms with E-state index in [1.165, 1.54) is 12.1 Å². The predicted molar refractivity (Wildman–Crippen MR) is 72.1 cm³/mol. The Labute approximate surface area is 107 Å². The van der Waals surface area contributed by atoms with E-state index in [0.717, 1.165) is 30.1 Å². The Hall–Kier alpha value is -0.740. The van der Waals surface area contributed by atoms with Crippen LogP contribution in [0.4, 0.5) is 4.39 Å². The first-order chi connectivity index (χ1) is 8.22. The highest BCUT2D eigenvalue weighted by molar-refractivity contribution is 7.99. The van der Waals surface area contributed by atoms with Crippen LogP contribution in [0.25, 0.3) is 0 Å². The zero-order chi connectivity index (χ0) is 12.5. The van der Waals surface area contributed by atoms with Crippen molar-refractivity contribution in [3.8, 4) is 5.75 Å². The van der Waals surface area contributed by atoms with Crippen molar-refractivity contribution in [3.63, 3.8) is 0 Å². The largest absolute Gasteiger partial charge is 0.494 e. The van der Waals surface area contributed by atoms with E-state index in [0.29, 0.717) is 12.6 Å². The van der Waals surface area contributed by atoms with Gasteiger partial charge in [0.05, 0.1) is 6.61 Å². The molecule has 0 radical (unpaired) electrons. The quantitative estimate of drug-likeness (QED) is 0.727. The van der Waals surface area contributed by atoms with Crippen molar-refractivity contribution in [2.24, 2.45) is 5.73 Å². The fourth-order valence-corrected chi connectivity index (χ4v) is 2.26. The number of hydrogen-bond donors (Lipinski definition) is 1. The van der Waals surface area contributed by atoms with Crippen LogP contribution in [0.2, 0.25) is 0 Å². The van der Waals surface area contributed by atoms with Crippen LogP contribution in [0.1, 0.15) is 19.8 Å². The molecule has 0 aliphatic carbocycles. The van der Waals surface area contributed by atoms with Gasteiger partial charge in [-0.05, 0) is 42.9 Å². The summed E-state index contributed by atoms with van der Waals surface area (Å²) in [7, 11) is 0. The Morgan fingerprint density at radius 2 is 2.06 bits per heavy atom. The zero-order valence-corrected chi connectivity index (χ0v) is 11.0. The van der Waals surface area contributed by atoms with E-state index in [-0.39, 0.29) is 5.82 Å². The third-order valence-electron chi connectivity index (χ3n) is 2.37. The van der Waals surface area contributed by atoms with Gasteiger partial charge < -0.3 is 10.5 Å². The highest BCUT2D eigenvalue weighted by Crippen LogP contribution is 2.12. The summed E-state index contributed by atoms with van der Waals surface area (Å²) >= 11 is 1.86. The van der Waals surface area contributed by atoms with Crippen LogP contribution in [-0.2, 0) is 0 Å². The van der Waals surface area contributed by atoms with E-state index < -0.39 is 0 Å². The molecular formula is C13H20FNOS. The highest BCUT2D eigenvalue weighted by atomic mass is 32.2. The SMILES string of the molecule is CCC(N)CSCCCOc1ccc(F)cc1. The number of thioether (sulfide) groups is 1. The van der Waals surface area contributed by atoms with Gasteiger partial charge in [-0.2, -0.15) is 11.8 Å². The average Bonchev–Trinajstić information content (AvgIpc) is 2.35. The van der Waals surface area contributed by atoms with Gasteiger partial charge in [0.1, 0.15) is 11.6 Å². The third-order valence-corrected chi connectivity index (χ3v) is 3.61. The maximum absolute atomic E-state index is 12.6. The Kier molecular flexibility index (Phi) is 7.05. The highest BCUT2D eigenvalue weighted by Gasteiger charge is 1.99. The molecule has 1 aromatic rings. The van der Waals surface area contributed by atoms with Gasteiger partial charge in [-0.3, -0.25) is 0 Å². The molecule has 1 unspecified atom stereocenters. The summed E-state index contributed by atoms with van der Waals surface area (Å²) in [6, 6.07) is 6.41. The van der Waals surface area contributed by atoms with Crippen molar-refractivity contribution in [1.29, 1.82) is 0 Å². The van der Waals surface area contributed by atoms with E-state index in [1.807, 2.05) is 11.8 Å². The molecule has 0 amide bonds. The predicted octanol–water partition coefficient (Wildman–Crippen LogP) is 3.07. The van der Waals surface area contributed by atoms with Gasteiger partial charge in [-0.1, -0.05) is 6.92 Å². The van der Waals surface area contributed by atoms with Crippen molar-refractivity contribution < 1.29 is 9.13 Å². The molecule has 0 heterocycles. The molecule has 0 aromatic heterocycles. The fraction of sp³-hybridized carbons (Fsp3) is 0.538. The minimum Gasteiger partial charge on any atom is -0.494 e. The Morgan fingerprint density at radius 3 is 2.71 bits per heavy atom. The second kappa shape index (κ2) is 8.37. The molecule has 2 N–H and O–H groups in total. The number of nitrogens with two attached hydrogens (primary N) is 1. The maximum atomic E-state index is 12.6. The molecular weight excluding hydrogens is 237 g/mol. The summed E-state index contributed by atoms with van der Waals surface area (Å²) in [4.78, 5) is 0. The second-order valence-corrected chi connectivity index (χ2v) is 5.05. The molecule has 1 rings (SSSR count). The van der Waals surface area contributed by atoms with Gasteiger partial charge in [0, 0.05) is 11.8 Å². The number of ether oxygens (including phenoxy) is 1. The van der Waals surface area contributed by atoms with Gasteiger partial charge in [-0.15, -0.1) is 0 Å². The lowest BCUT2D eigenvalue weighted by molar-refractivity contribution is 0.318. The molecule has 17 heavy (non-hydrogen) atoms. The zero-order valence-electron chi connectivity index (χ0n) is 10.2. The van der Waals surface area contributed by atoms with Crippen molar-refractivity contribution in [1.82, 2.24) is 0 Å². The molecule has 1 aromatic carbocycles. The lowest BCUT2D eigenvalue weighted by Gasteiger charge is -2.08. The summed E-state index contributed by atoms with van der Waals surface area (Å²) in [5.41, 5.74) is 5.81. The van der Waals surface area contributed by atoms with E-state index in [9.17, 15) is 4.39 Å². The molecule has 0 saturated heterocycles. The van der Waals surface area contributed by atoms with E-state index in [4.69, 9.17) is 10.5 Å². The third kappa shape index (κ3) is 6.54. The van der Waals surface area contributed by atoms with E-state index in [1.54, 1.807) is 12.1 Å². The average molecular weight is 257 g/mol. The molecule has 4 heteroatoms. The second-order valence-electron chi connectivity index (χ2n) is 3.90. The minimum atomic E-state index is -0.235. The van der Waals surface area contributed by atoms with Gasteiger partial charge in [-0.25, -0.2) is 4.39 Å². The molecule has 0 spiro atoms. The lowest BCUT2D eigenvalue weighted by Crippen LogP contribution is -2.21. The van der Waals surface area contributed by atoms with Crippen LogP contribution in [0.15, 0.2) is 24.3 Å². The topological polar surface area (TPSA) is 35.2 Å². The fourth-order valence-electron chi connectivity index (χ4n) is 1.23. The summed E-state index contributed by atoms with van der Waals surface area (Å²) in [5, 5.41) is 0. The van der Waals surface area contributed by atoms with Crippen molar-refractivity contribution >= 4 is 11.8 Å². The molecule has 0 aliphatic heterocycles. The van der Waals surface area contributed by atoms with Crippen molar-refractivity contribution in [3.05, 3.63) is 30.1 Å². The van der Waals surface area contributed by atoms with Crippen LogP contribution in [0.3, 0.4) is 0 Å². The Morgan fingerprint density at radius 1 is 1.35 bits per heavy atom. The van der Waals surface area contributed by atoms with Crippen molar-refractivity contribution in [2.75, 3.05) is 18.1 Å². The first kappa shape index (κ1) is 14.3. The summed E-state index contributed by atoms with van der Waals surface area (Å²) < 4.78 is 18.1.